The summed E-state index contributed by atoms with van der Waals surface area (Å²) in [4.78, 5) is -0.762. The number of alkyl halides is 3. The molecule has 0 atom stereocenters. The Balaban J connectivity index is 2.34. The van der Waals surface area contributed by atoms with E-state index in [2.05, 4.69) is 20.6 Å². The number of halogens is 3. The van der Waals surface area contributed by atoms with Crippen LogP contribution in [0.4, 0.5) is 13.2 Å². The van der Waals surface area contributed by atoms with Crippen molar-refractivity contribution < 1.29 is 21.6 Å². The van der Waals surface area contributed by atoms with Crippen LogP contribution in [-0.4, -0.2) is 35.3 Å². The second-order valence-electron chi connectivity index (χ2n) is 6.26. The molecule has 25 heavy (non-hydrogen) atoms. The zero-order valence-corrected chi connectivity index (χ0v) is 14.3. The average molecular weight is 374 g/mol. The predicted octanol–water partition coefficient (Wildman–Crippen LogP) is 3.34. The highest BCUT2D eigenvalue weighted by Gasteiger charge is 2.40. The third kappa shape index (κ3) is 3.53. The lowest BCUT2D eigenvalue weighted by atomic mass is 9.81. The first-order valence-electron chi connectivity index (χ1n) is 7.88. The van der Waals surface area contributed by atoms with Crippen molar-refractivity contribution in [3.05, 3.63) is 23.3 Å². The van der Waals surface area contributed by atoms with Gasteiger partial charge in [-0.25, -0.2) is 13.5 Å². The first-order valence-corrected chi connectivity index (χ1v) is 9.77. The molecule has 0 saturated heterocycles. The zero-order valence-electron chi connectivity index (χ0n) is 13.5. The van der Waals surface area contributed by atoms with Gasteiger partial charge in [-0.15, -0.1) is 5.10 Å². The maximum Gasteiger partial charge on any atom is 0.417 e. The van der Waals surface area contributed by atoms with Crippen molar-refractivity contribution in [2.24, 2.45) is 0 Å². The summed E-state index contributed by atoms with van der Waals surface area (Å²) < 4.78 is 64.9. The van der Waals surface area contributed by atoms with Gasteiger partial charge < -0.3 is 0 Å². The summed E-state index contributed by atoms with van der Waals surface area (Å²) in [5.41, 5.74) is -0.707. The SMILES string of the molecule is CS(=O)(=O)c1c(C(F)(F)F)ccc(C2CCCCC2)c1-c1nnn[nH]1. The first kappa shape index (κ1) is 17.8. The fraction of sp³-hybridized carbons (Fsp3) is 0.533. The molecule has 1 fully saturated rings. The van der Waals surface area contributed by atoms with E-state index in [1.54, 1.807) is 0 Å². The number of H-pyrrole nitrogens is 1. The van der Waals surface area contributed by atoms with Gasteiger partial charge >= 0.3 is 6.18 Å². The minimum atomic E-state index is -4.80. The number of rotatable bonds is 3. The number of sulfone groups is 1. The van der Waals surface area contributed by atoms with Crippen molar-refractivity contribution in [3.8, 4) is 11.4 Å². The van der Waals surface area contributed by atoms with E-state index in [1.807, 2.05) is 0 Å². The smallest absolute Gasteiger partial charge is 0.239 e. The Labute approximate surface area is 142 Å². The highest BCUT2D eigenvalue weighted by atomic mass is 32.2. The van der Waals surface area contributed by atoms with E-state index in [9.17, 15) is 21.6 Å². The van der Waals surface area contributed by atoms with Crippen LogP contribution in [0.1, 0.15) is 49.1 Å². The van der Waals surface area contributed by atoms with Crippen LogP contribution in [0, 0.1) is 0 Å². The Kier molecular flexibility index (Phi) is 4.56. The first-order chi connectivity index (χ1) is 11.7. The number of tetrazole rings is 1. The Morgan fingerprint density at radius 2 is 1.84 bits per heavy atom. The maximum absolute atomic E-state index is 13.4. The molecule has 2 aromatic rings. The van der Waals surface area contributed by atoms with Gasteiger partial charge in [0, 0.05) is 11.8 Å². The van der Waals surface area contributed by atoms with Gasteiger partial charge in [-0.1, -0.05) is 25.3 Å². The van der Waals surface area contributed by atoms with E-state index < -0.39 is 26.5 Å². The van der Waals surface area contributed by atoms with E-state index in [0.29, 0.717) is 5.56 Å². The monoisotopic (exact) mass is 374 g/mol. The number of aromatic nitrogens is 4. The minimum absolute atomic E-state index is 0.0170. The summed E-state index contributed by atoms with van der Waals surface area (Å²) in [7, 11) is -4.17. The quantitative estimate of drug-likeness (QED) is 0.890. The van der Waals surface area contributed by atoms with Crippen molar-refractivity contribution in [1.82, 2.24) is 20.6 Å². The molecule has 3 rings (SSSR count). The summed E-state index contributed by atoms with van der Waals surface area (Å²) in [6, 6.07) is 2.22. The van der Waals surface area contributed by atoms with Crippen molar-refractivity contribution >= 4 is 9.84 Å². The number of nitrogens with one attached hydrogen (secondary N) is 1. The van der Waals surface area contributed by atoms with Crippen LogP contribution in [-0.2, 0) is 16.0 Å². The third-order valence-corrected chi connectivity index (χ3v) is 5.66. The van der Waals surface area contributed by atoms with E-state index in [-0.39, 0.29) is 17.3 Å². The van der Waals surface area contributed by atoms with Gasteiger partial charge in [0.25, 0.3) is 0 Å². The number of benzene rings is 1. The number of aromatic amines is 1. The van der Waals surface area contributed by atoms with Crippen LogP contribution in [0.3, 0.4) is 0 Å². The molecule has 136 valence electrons. The fourth-order valence-corrected chi connectivity index (χ4v) is 4.64. The standard InChI is InChI=1S/C15H17F3N4O2S/c1-25(23,24)13-11(15(16,17)18)8-7-10(9-5-3-2-4-6-9)12(13)14-19-21-22-20-14/h7-9H,2-6H2,1H3,(H,19,20,21,22). The molecule has 0 amide bonds. The lowest BCUT2D eigenvalue weighted by Crippen LogP contribution is -2.17. The molecule has 1 N–H and O–H groups in total. The Hall–Kier alpha value is -1.97. The van der Waals surface area contributed by atoms with Crippen molar-refractivity contribution in [1.29, 1.82) is 0 Å². The third-order valence-electron chi connectivity index (χ3n) is 4.49. The summed E-state index contributed by atoms with van der Waals surface area (Å²) in [5, 5.41) is 12.9. The Bertz CT molecular complexity index is 858. The molecule has 0 bridgehead atoms. The molecule has 1 saturated carbocycles. The maximum atomic E-state index is 13.4. The van der Waals surface area contributed by atoms with E-state index in [0.717, 1.165) is 44.4 Å². The predicted molar refractivity (Wildman–Crippen MR) is 83.6 cm³/mol. The van der Waals surface area contributed by atoms with Crippen LogP contribution < -0.4 is 0 Å². The van der Waals surface area contributed by atoms with Gasteiger partial charge in [0.15, 0.2) is 15.7 Å². The molecule has 1 aliphatic carbocycles. The van der Waals surface area contributed by atoms with Crippen molar-refractivity contribution in [2.45, 2.75) is 49.1 Å². The molecule has 6 nitrogen and oxygen atoms in total. The minimum Gasteiger partial charge on any atom is -0.239 e. The van der Waals surface area contributed by atoms with Crippen molar-refractivity contribution in [2.75, 3.05) is 6.26 Å². The second-order valence-corrected chi connectivity index (χ2v) is 8.21. The molecule has 1 aromatic carbocycles. The van der Waals surface area contributed by atoms with Gasteiger partial charge in [0.1, 0.15) is 0 Å². The van der Waals surface area contributed by atoms with Crippen LogP contribution >= 0.6 is 0 Å². The average Bonchev–Trinajstić information content (AvgIpc) is 3.07. The fourth-order valence-electron chi connectivity index (χ4n) is 3.47. The van der Waals surface area contributed by atoms with Gasteiger partial charge in [0.2, 0.25) is 0 Å². The summed E-state index contributed by atoms with van der Waals surface area (Å²) in [6.45, 7) is 0. The summed E-state index contributed by atoms with van der Waals surface area (Å²) >= 11 is 0. The van der Waals surface area contributed by atoms with Gasteiger partial charge in [0.05, 0.1) is 10.5 Å². The molecular formula is C15H17F3N4O2S. The van der Waals surface area contributed by atoms with Crippen LogP contribution in [0.2, 0.25) is 0 Å². The van der Waals surface area contributed by atoms with Crippen LogP contribution in [0.5, 0.6) is 0 Å². The van der Waals surface area contributed by atoms with Crippen molar-refractivity contribution in [3.63, 3.8) is 0 Å². The number of hydrogen-bond acceptors (Lipinski definition) is 5. The Morgan fingerprint density at radius 1 is 1.16 bits per heavy atom. The molecule has 1 aromatic heterocycles. The van der Waals surface area contributed by atoms with E-state index in [4.69, 9.17) is 0 Å². The highest BCUT2D eigenvalue weighted by molar-refractivity contribution is 7.91. The van der Waals surface area contributed by atoms with E-state index in [1.165, 1.54) is 6.07 Å². The topological polar surface area (TPSA) is 88.6 Å². The molecule has 0 aliphatic heterocycles. The molecule has 1 heterocycles. The lowest BCUT2D eigenvalue weighted by Gasteiger charge is -2.26. The lowest BCUT2D eigenvalue weighted by molar-refractivity contribution is -0.139. The molecule has 0 spiro atoms. The van der Waals surface area contributed by atoms with Gasteiger partial charge in [-0.3, -0.25) is 0 Å². The Morgan fingerprint density at radius 3 is 2.36 bits per heavy atom. The molecule has 10 heteroatoms. The summed E-state index contributed by atoms with van der Waals surface area (Å²) in [6.07, 6.45) is 0.532. The van der Waals surface area contributed by atoms with E-state index >= 15 is 0 Å². The van der Waals surface area contributed by atoms with Crippen LogP contribution in [0.15, 0.2) is 17.0 Å². The van der Waals surface area contributed by atoms with Gasteiger partial charge in [-0.05, 0) is 40.8 Å². The largest absolute Gasteiger partial charge is 0.417 e. The normalized spacial score (nSPS) is 17.0. The van der Waals surface area contributed by atoms with Crippen LogP contribution in [0.25, 0.3) is 11.4 Å². The number of nitrogens with zero attached hydrogens (tertiary/aromatic N) is 3. The molecular weight excluding hydrogens is 357 g/mol. The van der Waals surface area contributed by atoms with Gasteiger partial charge in [-0.2, -0.15) is 13.2 Å². The highest BCUT2D eigenvalue weighted by Crippen LogP contribution is 2.44. The second kappa shape index (κ2) is 6.40. The summed E-state index contributed by atoms with van der Waals surface area (Å²) in [5.74, 6) is -0.0799. The molecule has 0 unspecified atom stereocenters. The number of hydrogen-bond donors (Lipinski definition) is 1. The molecule has 0 radical (unpaired) electrons. The molecule has 1 aliphatic rings. The zero-order chi connectivity index (χ0) is 18.2.